The lowest BCUT2D eigenvalue weighted by Crippen LogP contribution is -2.19. The van der Waals surface area contributed by atoms with Crippen LogP contribution in [0.4, 0.5) is 0 Å². The quantitative estimate of drug-likeness (QED) is 0.739. The molecule has 0 saturated heterocycles. The van der Waals surface area contributed by atoms with E-state index in [0.29, 0.717) is 11.0 Å². The summed E-state index contributed by atoms with van der Waals surface area (Å²) in [6, 6.07) is 8.51. The van der Waals surface area contributed by atoms with E-state index in [2.05, 4.69) is 0 Å². The fraction of sp³-hybridized carbons (Fsp3) is 0. The fourth-order valence-electron chi connectivity index (χ4n) is 2.22. The molecule has 0 atom stereocenters. The third-order valence-electron chi connectivity index (χ3n) is 3.16. The molecule has 0 aliphatic heterocycles. The minimum absolute atomic E-state index is 0.0177. The highest BCUT2D eigenvalue weighted by molar-refractivity contribution is 7.90. The first kappa shape index (κ1) is 14.5. The summed E-state index contributed by atoms with van der Waals surface area (Å²) in [7, 11) is -4.20. The number of nitrogens with zero attached hydrogens (tertiary/aromatic N) is 1. The van der Waals surface area contributed by atoms with Gasteiger partial charge >= 0.3 is 5.97 Å². The summed E-state index contributed by atoms with van der Waals surface area (Å²) in [6.45, 7) is 0. The van der Waals surface area contributed by atoms with E-state index in [0.717, 1.165) is 3.97 Å². The molecule has 0 spiro atoms. The Kier molecular flexibility index (Phi) is 3.34. The molecule has 1 aromatic carbocycles. The predicted molar refractivity (Wildman–Crippen MR) is 81.2 cm³/mol. The van der Waals surface area contributed by atoms with E-state index in [-0.39, 0.29) is 21.7 Å². The van der Waals surface area contributed by atoms with E-state index >= 15 is 0 Å². The standard InChI is InChI=1S/C14H9NO5S2/c16-8-9-3-1-2-4-13(9)22(19,20)15-10-5-6-21-12(10)7-11(15)14(17)18/h1-8H,(H,17,18). The van der Waals surface area contributed by atoms with Crippen LogP contribution in [0.15, 0.2) is 46.7 Å². The van der Waals surface area contributed by atoms with Crippen molar-refractivity contribution >= 4 is 43.8 Å². The van der Waals surface area contributed by atoms with Gasteiger partial charge in [0.1, 0.15) is 5.69 Å². The number of aromatic nitrogens is 1. The first-order valence-electron chi connectivity index (χ1n) is 6.09. The van der Waals surface area contributed by atoms with Gasteiger partial charge in [0.15, 0.2) is 6.29 Å². The SMILES string of the molecule is O=Cc1ccccc1S(=O)(=O)n1c(C(=O)O)cc2sccc21. The van der Waals surface area contributed by atoms with Crippen molar-refractivity contribution in [2.75, 3.05) is 0 Å². The van der Waals surface area contributed by atoms with Crippen molar-refractivity contribution in [2.24, 2.45) is 0 Å². The lowest BCUT2D eigenvalue weighted by molar-refractivity contribution is 0.0689. The van der Waals surface area contributed by atoms with E-state index in [1.54, 1.807) is 5.38 Å². The molecule has 0 saturated carbocycles. The Labute approximate surface area is 129 Å². The van der Waals surface area contributed by atoms with Crippen molar-refractivity contribution in [2.45, 2.75) is 4.90 Å². The van der Waals surface area contributed by atoms with Crippen molar-refractivity contribution in [3.63, 3.8) is 0 Å². The van der Waals surface area contributed by atoms with Crippen LogP contribution in [-0.2, 0) is 10.0 Å². The van der Waals surface area contributed by atoms with Crippen LogP contribution < -0.4 is 0 Å². The van der Waals surface area contributed by atoms with Gasteiger partial charge in [-0.25, -0.2) is 17.2 Å². The highest BCUT2D eigenvalue weighted by Crippen LogP contribution is 2.30. The highest BCUT2D eigenvalue weighted by atomic mass is 32.2. The number of carboxylic acids is 1. The Bertz CT molecular complexity index is 997. The average Bonchev–Trinajstić information content (AvgIpc) is 3.07. The molecule has 2 heterocycles. The number of aldehydes is 1. The second-order valence-corrected chi connectivity index (χ2v) is 7.13. The van der Waals surface area contributed by atoms with Gasteiger partial charge in [0.2, 0.25) is 0 Å². The van der Waals surface area contributed by atoms with Crippen LogP contribution in [0.1, 0.15) is 20.8 Å². The van der Waals surface area contributed by atoms with Gasteiger partial charge in [-0.3, -0.25) is 4.79 Å². The number of aromatic carboxylic acids is 1. The summed E-state index contributed by atoms with van der Waals surface area (Å²) in [5.41, 5.74) is -0.0958. The summed E-state index contributed by atoms with van der Waals surface area (Å²) in [4.78, 5) is 22.2. The second kappa shape index (κ2) is 5.08. The maximum Gasteiger partial charge on any atom is 0.353 e. The Hall–Kier alpha value is -2.45. The topological polar surface area (TPSA) is 93.4 Å². The molecule has 1 N–H and O–H groups in total. The number of carboxylic acid groups (broad SMARTS) is 1. The maximum atomic E-state index is 12.9. The third kappa shape index (κ3) is 2.04. The minimum atomic E-state index is -4.20. The van der Waals surface area contributed by atoms with Crippen molar-refractivity contribution in [3.05, 3.63) is 53.0 Å². The fourth-order valence-corrected chi connectivity index (χ4v) is 4.75. The van der Waals surface area contributed by atoms with Gasteiger partial charge in [-0.2, -0.15) is 0 Å². The zero-order valence-electron chi connectivity index (χ0n) is 11.0. The number of hydrogen-bond acceptors (Lipinski definition) is 5. The van der Waals surface area contributed by atoms with Crippen molar-refractivity contribution < 1.29 is 23.1 Å². The number of thiophene rings is 1. The molecule has 112 valence electrons. The molecule has 22 heavy (non-hydrogen) atoms. The van der Waals surface area contributed by atoms with E-state index in [4.69, 9.17) is 0 Å². The molecule has 0 aliphatic rings. The highest BCUT2D eigenvalue weighted by Gasteiger charge is 2.28. The average molecular weight is 335 g/mol. The molecule has 2 aromatic heterocycles. The zero-order valence-corrected chi connectivity index (χ0v) is 12.6. The first-order valence-corrected chi connectivity index (χ1v) is 8.41. The van der Waals surface area contributed by atoms with Gasteiger partial charge in [0, 0.05) is 5.56 Å². The molecule has 0 aliphatic carbocycles. The minimum Gasteiger partial charge on any atom is -0.477 e. The Balaban J connectivity index is 2.39. The number of carbonyl (C=O) groups excluding carboxylic acids is 1. The van der Waals surface area contributed by atoms with Crippen molar-refractivity contribution in [1.29, 1.82) is 0 Å². The number of hydrogen-bond donors (Lipinski definition) is 1. The number of rotatable bonds is 4. The lowest BCUT2D eigenvalue weighted by Gasteiger charge is -2.10. The Morgan fingerprint density at radius 1 is 1.23 bits per heavy atom. The molecule has 3 rings (SSSR count). The van der Waals surface area contributed by atoms with E-state index in [9.17, 15) is 23.1 Å². The summed E-state index contributed by atoms with van der Waals surface area (Å²) in [5, 5.41) is 10.9. The molecule has 0 unspecified atom stereocenters. The predicted octanol–water partition coefficient (Wildman–Crippen LogP) is 2.45. The third-order valence-corrected chi connectivity index (χ3v) is 5.82. The van der Waals surface area contributed by atoms with Gasteiger partial charge in [-0.1, -0.05) is 18.2 Å². The van der Waals surface area contributed by atoms with Crippen LogP contribution in [0.25, 0.3) is 10.2 Å². The van der Waals surface area contributed by atoms with Gasteiger partial charge in [-0.05, 0) is 23.6 Å². The van der Waals surface area contributed by atoms with E-state index < -0.39 is 16.0 Å². The second-order valence-electron chi connectivity index (χ2n) is 4.43. The van der Waals surface area contributed by atoms with E-state index in [1.165, 1.54) is 47.7 Å². The summed E-state index contributed by atoms with van der Waals surface area (Å²) in [5.74, 6) is -1.35. The molecule has 8 heteroatoms. The molecule has 0 amide bonds. The number of carbonyl (C=O) groups is 2. The lowest BCUT2D eigenvalue weighted by atomic mass is 10.2. The van der Waals surface area contributed by atoms with Gasteiger partial charge in [0.25, 0.3) is 10.0 Å². The summed E-state index contributed by atoms with van der Waals surface area (Å²) >= 11 is 1.24. The molecular weight excluding hydrogens is 326 g/mol. The van der Waals surface area contributed by atoms with Crippen LogP contribution in [0.5, 0.6) is 0 Å². The van der Waals surface area contributed by atoms with Crippen molar-refractivity contribution in [1.82, 2.24) is 3.97 Å². The molecule has 0 radical (unpaired) electrons. The number of fused-ring (bicyclic) bond motifs is 1. The molecule has 3 aromatic rings. The molecule has 0 fully saturated rings. The number of benzene rings is 1. The Morgan fingerprint density at radius 3 is 2.64 bits per heavy atom. The van der Waals surface area contributed by atoms with Gasteiger partial charge in [0.05, 0.1) is 15.1 Å². The van der Waals surface area contributed by atoms with Crippen LogP contribution in [-0.4, -0.2) is 29.8 Å². The van der Waals surface area contributed by atoms with Gasteiger partial charge < -0.3 is 5.11 Å². The first-order chi connectivity index (χ1) is 10.5. The zero-order chi connectivity index (χ0) is 15.9. The van der Waals surface area contributed by atoms with Crippen LogP contribution >= 0.6 is 11.3 Å². The van der Waals surface area contributed by atoms with Crippen LogP contribution in [0, 0.1) is 0 Å². The Morgan fingerprint density at radius 2 is 1.95 bits per heavy atom. The molecular formula is C14H9NO5S2. The van der Waals surface area contributed by atoms with E-state index in [1.807, 2.05) is 0 Å². The monoisotopic (exact) mass is 335 g/mol. The molecule has 6 nitrogen and oxygen atoms in total. The van der Waals surface area contributed by atoms with Gasteiger partial charge in [-0.15, -0.1) is 11.3 Å². The normalized spacial score (nSPS) is 11.6. The summed E-state index contributed by atoms with van der Waals surface area (Å²) < 4.78 is 27.0. The van der Waals surface area contributed by atoms with Crippen LogP contribution in [0.3, 0.4) is 0 Å². The molecule has 0 bridgehead atoms. The van der Waals surface area contributed by atoms with Crippen molar-refractivity contribution in [3.8, 4) is 0 Å². The maximum absolute atomic E-state index is 12.9. The largest absolute Gasteiger partial charge is 0.477 e. The summed E-state index contributed by atoms with van der Waals surface area (Å²) in [6.07, 6.45) is 0.432. The van der Waals surface area contributed by atoms with Crippen LogP contribution in [0.2, 0.25) is 0 Å². The smallest absolute Gasteiger partial charge is 0.353 e.